The molecule has 1 aromatic rings. The molecule has 1 N–H and O–H groups in total. The van der Waals surface area contributed by atoms with Crippen LogP contribution in [0.15, 0.2) is 24.3 Å². The second-order valence-corrected chi connectivity index (χ2v) is 2.24. The fourth-order valence-electron chi connectivity index (χ4n) is 0.930. The average molecular weight is 149 g/mol. The van der Waals surface area contributed by atoms with Gasteiger partial charge < -0.3 is 5.11 Å². The Bertz CT molecular complexity index is 266. The molecule has 1 radical (unpaired) electrons. The first-order valence-corrected chi connectivity index (χ1v) is 3.30. The molecular weight excluding hydrogens is 140 g/mol. The first-order valence-electron chi connectivity index (χ1n) is 3.30. The number of Topliss-reactive ketones (excluding diaryl/α,β-unsaturated/α-hetero) is 1. The second kappa shape index (κ2) is 3.30. The van der Waals surface area contributed by atoms with E-state index in [0.29, 0.717) is 11.1 Å². The van der Waals surface area contributed by atoms with Crippen LogP contribution in [0.1, 0.15) is 15.9 Å². The van der Waals surface area contributed by atoms with E-state index in [4.69, 9.17) is 5.11 Å². The zero-order valence-corrected chi connectivity index (χ0v) is 6.08. The molecule has 0 atom stereocenters. The second-order valence-electron chi connectivity index (χ2n) is 2.24. The van der Waals surface area contributed by atoms with Crippen molar-refractivity contribution in [2.24, 2.45) is 0 Å². The number of benzene rings is 1. The first kappa shape index (κ1) is 7.95. The highest BCUT2D eigenvalue weighted by Gasteiger charge is 2.03. The van der Waals surface area contributed by atoms with Crippen LogP contribution < -0.4 is 0 Å². The van der Waals surface area contributed by atoms with E-state index in [0.717, 1.165) is 0 Å². The van der Waals surface area contributed by atoms with Gasteiger partial charge in [-0.1, -0.05) is 24.3 Å². The summed E-state index contributed by atoms with van der Waals surface area (Å²) in [6, 6.07) is 6.88. The minimum atomic E-state index is -0.255. The molecule has 0 bridgehead atoms. The molecule has 0 aliphatic rings. The minimum absolute atomic E-state index is 0.114. The van der Waals surface area contributed by atoms with Crippen molar-refractivity contribution in [3.63, 3.8) is 0 Å². The average Bonchev–Trinajstić information content (AvgIpc) is 2.04. The predicted octanol–water partition coefficient (Wildman–Crippen LogP) is 1.20. The van der Waals surface area contributed by atoms with Crippen LogP contribution in [-0.2, 0) is 6.61 Å². The van der Waals surface area contributed by atoms with Crippen LogP contribution >= 0.6 is 0 Å². The van der Waals surface area contributed by atoms with Crippen molar-refractivity contribution in [3.05, 3.63) is 42.3 Å². The molecule has 0 fully saturated rings. The number of hydrogen-bond acceptors (Lipinski definition) is 2. The van der Waals surface area contributed by atoms with Crippen LogP contribution in [-0.4, -0.2) is 10.9 Å². The number of rotatable bonds is 2. The largest absolute Gasteiger partial charge is 0.392 e. The molecule has 1 rings (SSSR count). The Morgan fingerprint density at radius 1 is 1.45 bits per heavy atom. The van der Waals surface area contributed by atoms with Gasteiger partial charge in [0.05, 0.1) is 6.61 Å². The van der Waals surface area contributed by atoms with Crippen LogP contribution in [0.4, 0.5) is 0 Å². The van der Waals surface area contributed by atoms with Gasteiger partial charge in [0.2, 0.25) is 0 Å². The fraction of sp³-hybridized carbons (Fsp3) is 0.111. The Labute approximate surface area is 65.5 Å². The molecule has 2 nitrogen and oxygen atoms in total. The fourth-order valence-corrected chi connectivity index (χ4v) is 0.930. The van der Waals surface area contributed by atoms with Gasteiger partial charge in [-0.25, -0.2) is 0 Å². The summed E-state index contributed by atoms with van der Waals surface area (Å²) in [5.74, 6) is -0.255. The molecule has 0 saturated carbocycles. The molecule has 0 unspecified atom stereocenters. The van der Waals surface area contributed by atoms with E-state index in [2.05, 4.69) is 6.92 Å². The molecule has 0 aromatic heterocycles. The molecule has 1 aromatic carbocycles. The molecule has 0 saturated heterocycles. The summed E-state index contributed by atoms with van der Waals surface area (Å²) in [6.07, 6.45) is 0. The van der Waals surface area contributed by atoms with Gasteiger partial charge in [0.1, 0.15) is 0 Å². The van der Waals surface area contributed by atoms with E-state index < -0.39 is 0 Å². The summed E-state index contributed by atoms with van der Waals surface area (Å²) in [6.45, 7) is 3.15. The maximum Gasteiger partial charge on any atom is 0.163 e. The van der Waals surface area contributed by atoms with Gasteiger partial charge in [-0.05, 0) is 5.56 Å². The number of hydrogen-bond donors (Lipinski definition) is 1. The summed E-state index contributed by atoms with van der Waals surface area (Å²) >= 11 is 0. The van der Waals surface area contributed by atoms with Crippen LogP contribution in [0, 0.1) is 6.92 Å². The third-order valence-corrected chi connectivity index (χ3v) is 1.49. The van der Waals surface area contributed by atoms with E-state index in [1.165, 1.54) is 0 Å². The highest BCUT2D eigenvalue weighted by molar-refractivity contribution is 6.00. The van der Waals surface area contributed by atoms with E-state index in [-0.39, 0.29) is 12.4 Å². The normalized spacial score (nSPS) is 9.64. The van der Waals surface area contributed by atoms with Crippen molar-refractivity contribution < 1.29 is 9.90 Å². The molecule has 57 valence electrons. The van der Waals surface area contributed by atoms with Crippen molar-refractivity contribution >= 4 is 5.78 Å². The summed E-state index contributed by atoms with van der Waals surface area (Å²) in [4.78, 5) is 10.8. The van der Waals surface area contributed by atoms with Crippen molar-refractivity contribution in [2.45, 2.75) is 6.61 Å². The summed E-state index contributed by atoms with van der Waals surface area (Å²) in [5, 5.41) is 8.79. The van der Waals surface area contributed by atoms with E-state index >= 15 is 0 Å². The zero-order valence-electron chi connectivity index (χ0n) is 6.08. The SMILES string of the molecule is [CH2]C(=O)c1ccccc1CO. The summed E-state index contributed by atoms with van der Waals surface area (Å²) < 4.78 is 0. The third-order valence-electron chi connectivity index (χ3n) is 1.49. The lowest BCUT2D eigenvalue weighted by molar-refractivity contribution is 0.104. The quantitative estimate of drug-likeness (QED) is 0.641. The van der Waals surface area contributed by atoms with E-state index in [9.17, 15) is 4.79 Å². The maximum atomic E-state index is 10.8. The number of ketones is 1. The number of carbonyl (C=O) groups excluding carboxylic acids is 1. The highest BCUT2D eigenvalue weighted by Crippen LogP contribution is 2.08. The van der Waals surface area contributed by atoms with Crippen LogP contribution in [0.2, 0.25) is 0 Å². The predicted molar refractivity (Wildman–Crippen MR) is 42.1 cm³/mol. The zero-order chi connectivity index (χ0) is 8.27. The molecular formula is C9H9O2. The van der Waals surface area contributed by atoms with Gasteiger partial charge in [-0.15, -0.1) is 0 Å². The summed E-state index contributed by atoms with van der Waals surface area (Å²) in [5.41, 5.74) is 1.13. The van der Waals surface area contributed by atoms with E-state index in [1.807, 2.05) is 0 Å². The van der Waals surface area contributed by atoms with Crippen LogP contribution in [0.5, 0.6) is 0 Å². The molecule has 2 heteroatoms. The van der Waals surface area contributed by atoms with Gasteiger partial charge in [-0.3, -0.25) is 4.79 Å². The monoisotopic (exact) mass is 149 g/mol. The minimum Gasteiger partial charge on any atom is -0.392 e. The van der Waals surface area contributed by atoms with Crippen LogP contribution in [0.3, 0.4) is 0 Å². The first-order chi connectivity index (χ1) is 5.25. The molecule has 0 amide bonds. The molecule has 0 aliphatic carbocycles. The number of aliphatic hydroxyl groups excluding tert-OH is 1. The van der Waals surface area contributed by atoms with Crippen molar-refractivity contribution in [3.8, 4) is 0 Å². The highest BCUT2D eigenvalue weighted by atomic mass is 16.3. The lowest BCUT2D eigenvalue weighted by Crippen LogP contribution is -1.98. The maximum absolute atomic E-state index is 10.8. The van der Waals surface area contributed by atoms with E-state index in [1.54, 1.807) is 24.3 Å². The van der Waals surface area contributed by atoms with Crippen molar-refractivity contribution in [2.75, 3.05) is 0 Å². The Morgan fingerprint density at radius 2 is 2.09 bits per heavy atom. The third kappa shape index (κ3) is 1.65. The van der Waals surface area contributed by atoms with Gasteiger partial charge in [0.25, 0.3) is 0 Å². The topological polar surface area (TPSA) is 37.3 Å². The van der Waals surface area contributed by atoms with Gasteiger partial charge >= 0.3 is 0 Å². The number of carbonyl (C=O) groups is 1. The van der Waals surface area contributed by atoms with Crippen LogP contribution in [0.25, 0.3) is 0 Å². The number of aliphatic hydroxyl groups is 1. The Kier molecular flexibility index (Phi) is 2.39. The summed E-state index contributed by atoms with van der Waals surface area (Å²) in [7, 11) is 0. The molecule has 11 heavy (non-hydrogen) atoms. The molecule has 0 aliphatic heterocycles. The Morgan fingerprint density at radius 3 is 2.55 bits per heavy atom. The van der Waals surface area contributed by atoms with Gasteiger partial charge in [0.15, 0.2) is 5.78 Å². The van der Waals surface area contributed by atoms with Crippen molar-refractivity contribution in [1.29, 1.82) is 0 Å². The van der Waals surface area contributed by atoms with Crippen molar-refractivity contribution in [1.82, 2.24) is 0 Å². The van der Waals surface area contributed by atoms with Gasteiger partial charge in [0, 0.05) is 12.5 Å². The smallest absolute Gasteiger partial charge is 0.163 e. The molecule has 0 heterocycles. The molecule has 0 spiro atoms. The Hall–Kier alpha value is -1.15. The lowest BCUT2D eigenvalue weighted by Gasteiger charge is -2.00. The Balaban J connectivity index is 3.12. The lowest BCUT2D eigenvalue weighted by atomic mass is 10.1. The standard InChI is InChI=1S/C9H9O2/c1-7(11)9-5-3-2-4-8(9)6-10/h2-5,10H,1,6H2. The van der Waals surface area contributed by atoms with Gasteiger partial charge in [-0.2, -0.15) is 0 Å².